The molecule has 0 rings (SSSR count). The molecule has 1 unspecified atom stereocenters. The van der Waals surface area contributed by atoms with Crippen LogP contribution in [-0.4, -0.2) is 48.9 Å². The van der Waals surface area contributed by atoms with Gasteiger partial charge in [-0.25, -0.2) is 0 Å². The average molecular weight is 294 g/mol. The smallest absolute Gasteiger partial charge is 0 e. The Kier molecular flexibility index (Phi) is 10.6. The van der Waals surface area contributed by atoms with E-state index in [2.05, 4.69) is 34.6 Å². The van der Waals surface area contributed by atoms with Crippen molar-refractivity contribution in [3.05, 3.63) is 0 Å². The number of rotatable bonds is 4. The first-order valence-corrected chi connectivity index (χ1v) is 4.98. The summed E-state index contributed by atoms with van der Waals surface area (Å²) in [4.78, 5) is 0. The van der Waals surface area contributed by atoms with Crippen molar-refractivity contribution in [2.24, 2.45) is 11.3 Å². The first-order valence-electron chi connectivity index (χ1n) is 4.98. The summed E-state index contributed by atoms with van der Waals surface area (Å²) in [6, 6.07) is 0. The molecule has 0 aromatic carbocycles. The van der Waals surface area contributed by atoms with Crippen LogP contribution in [0.2, 0.25) is 0 Å². The molecule has 1 atom stereocenters. The van der Waals surface area contributed by atoms with Crippen LogP contribution in [0.25, 0.3) is 0 Å². The molecule has 0 aromatic rings. The second-order valence-electron chi connectivity index (χ2n) is 4.76. The Bertz CT molecular complexity index is 91.7. The van der Waals surface area contributed by atoms with Crippen LogP contribution in [0.1, 0.15) is 60.3 Å². The molecule has 0 spiro atoms. The van der Waals surface area contributed by atoms with Crippen molar-refractivity contribution < 1.29 is 0 Å². The van der Waals surface area contributed by atoms with Crippen molar-refractivity contribution in [1.82, 2.24) is 0 Å². The van der Waals surface area contributed by atoms with Crippen molar-refractivity contribution in [3.8, 4) is 0 Å². The maximum atomic E-state index is 2.37. The molecule has 0 heterocycles. The standard InChI is InChI=1S/C11H24.Ba/c1-6-7-8-9-10(2)11(3,4)5;/h10H,6-9H2,1-5H3;. The largest absolute Gasteiger partial charge is 0.0654 e. The quantitative estimate of drug-likeness (QED) is 0.545. The monoisotopic (exact) mass is 294 g/mol. The summed E-state index contributed by atoms with van der Waals surface area (Å²) < 4.78 is 0. The molecule has 0 amide bonds. The van der Waals surface area contributed by atoms with Gasteiger partial charge in [-0.3, -0.25) is 0 Å². The Hall–Kier alpha value is 1.57. The van der Waals surface area contributed by atoms with Crippen molar-refractivity contribution in [3.63, 3.8) is 0 Å². The molecule has 0 nitrogen and oxygen atoms in total. The normalized spacial score (nSPS) is 13.8. The van der Waals surface area contributed by atoms with Gasteiger partial charge in [0.2, 0.25) is 0 Å². The SMILES string of the molecule is CCCCCC(C)C(C)(C)C.[Ba]. The van der Waals surface area contributed by atoms with Crippen LogP contribution in [0.5, 0.6) is 0 Å². The van der Waals surface area contributed by atoms with Gasteiger partial charge in [0.05, 0.1) is 0 Å². The molecular formula is C11H24Ba. The van der Waals surface area contributed by atoms with Crippen LogP contribution >= 0.6 is 0 Å². The van der Waals surface area contributed by atoms with Gasteiger partial charge in [-0.05, 0) is 11.3 Å². The Labute approximate surface area is 119 Å². The zero-order valence-electron chi connectivity index (χ0n) is 9.61. The average Bonchev–Trinajstić information content (AvgIpc) is 1.86. The topological polar surface area (TPSA) is 0 Å². The van der Waals surface area contributed by atoms with Crippen LogP contribution in [-0.2, 0) is 0 Å². The van der Waals surface area contributed by atoms with Crippen molar-refractivity contribution >= 4 is 48.9 Å². The van der Waals surface area contributed by atoms with Crippen LogP contribution in [0, 0.1) is 11.3 Å². The molecule has 12 heavy (non-hydrogen) atoms. The first-order chi connectivity index (χ1) is 4.98. The van der Waals surface area contributed by atoms with Crippen LogP contribution < -0.4 is 0 Å². The van der Waals surface area contributed by atoms with E-state index in [1.807, 2.05) is 0 Å². The Balaban J connectivity index is 0. The summed E-state index contributed by atoms with van der Waals surface area (Å²) in [7, 11) is 0. The molecule has 0 aliphatic carbocycles. The van der Waals surface area contributed by atoms with Gasteiger partial charge in [-0.15, -0.1) is 0 Å². The van der Waals surface area contributed by atoms with E-state index in [0.29, 0.717) is 5.41 Å². The summed E-state index contributed by atoms with van der Waals surface area (Å²) in [5.74, 6) is 0.869. The molecule has 0 aromatic heterocycles. The summed E-state index contributed by atoms with van der Waals surface area (Å²) in [6.07, 6.45) is 5.56. The van der Waals surface area contributed by atoms with Crippen molar-refractivity contribution in [1.29, 1.82) is 0 Å². The van der Waals surface area contributed by atoms with Gasteiger partial charge in [0.1, 0.15) is 0 Å². The molecule has 0 aliphatic rings. The van der Waals surface area contributed by atoms with E-state index in [4.69, 9.17) is 0 Å². The van der Waals surface area contributed by atoms with Gasteiger partial charge >= 0.3 is 0 Å². The predicted molar refractivity (Wildman–Crippen MR) is 58.5 cm³/mol. The molecule has 2 radical (unpaired) electrons. The minimum absolute atomic E-state index is 0. The van der Waals surface area contributed by atoms with Gasteiger partial charge in [-0.2, -0.15) is 0 Å². The molecular weight excluding hydrogens is 269 g/mol. The summed E-state index contributed by atoms with van der Waals surface area (Å²) in [6.45, 7) is 11.6. The summed E-state index contributed by atoms with van der Waals surface area (Å²) in [5, 5.41) is 0. The minimum Gasteiger partial charge on any atom is -0.0654 e. The minimum atomic E-state index is 0. The number of hydrogen-bond donors (Lipinski definition) is 0. The molecule has 0 fully saturated rings. The summed E-state index contributed by atoms with van der Waals surface area (Å²) in [5.41, 5.74) is 0.508. The Morgan fingerprint density at radius 1 is 1.08 bits per heavy atom. The predicted octanol–water partition coefficient (Wildman–Crippen LogP) is 3.87. The van der Waals surface area contributed by atoms with Gasteiger partial charge in [-0.1, -0.05) is 60.3 Å². The van der Waals surface area contributed by atoms with E-state index in [-0.39, 0.29) is 48.9 Å². The van der Waals surface area contributed by atoms with Crippen molar-refractivity contribution in [2.45, 2.75) is 60.3 Å². The van der Waals surface area contributed by atoms with Gasteiger partial charge in [0, 0.05) is 48.9 Å². The fraction of sp³-hybridized carbons (Fsp3) is 1.00. The fourth-order valence-electron chi connectivity index (χ4n) is 1.13. The Morgan fingerprint density at radius 2 is 1.58 bits per heavy atom. The van der Waals surface area contributed by atoms with Crippen LogP contribution in [0.3, 0.4) is 0 Å². The van der Waals surface area contributed by atoms with Crippen LogP contribution in [0.4, 0.5) is 0 Å². The van der Waals surface area contributed by atoms with E-state index in [1.165, 1.54) is 25.7 Å². The molecule has 0 N–H and O–H groups in total. The van der Waals surface area contributed by atoms with E-state index in [1.54, 1.807) is 0 Å². The van der Waals surface area contributed by atoms with Crippen molar-refractivity contribution in [2.75, 3.05) is 0 Å². The number of hydrogen-bond acceptors (Lipinski definition) is 0. The third-order valence-electron chi connectivity index (χ3n) is 2.72. The van der Waals surface area contributed by atoms with Crippen LogP contribution in [0.15, 0.2) is 0 Å². The summed E-state index contributed by atoms with van der Waals surface area (Å²) >= 11 is 0. The zero-order valence-corrected chi connectivity index (χ0v) is 14.1. The van der Waals surface area contributed by atoms with E-state index >= 15 is 0 Å². The molecule has 0 saturated heterocycles. The Morgan fingerprint density at radius 3 is 1.92 bits per heavy atom. The van der Waals surface area contributed by atoms with E-state index < -0.39 is 0 Å². The molecule has 0 saturated carbocycles. The van der Waals surface area contributed by atoms with Gasteiger partial charge in [0.15, 0.2) is 0 Å². The molecule has 1 heteroatoms. The van der Waals surface area contributed by atoms with E-state index in [9.17, 15) is 0 Å². The van der Waals surface area contributed by atoms with Gasteiger partial charge in [0.25, 0.3) is 0 Å². The van der Waals surface area contributed by atoms with E-state index in [0.717, 1.165) is 5.92 Å². The third-order valence-corrected chi connectivity index (χ3v) is 2.72. The fourth-order valence-corrected chi connectivity index (χ4v) is 1.13. The maximum absolute atomic E-state index is 2.37. The maximum Gasteiger partial charge on any atom is 0 e. The third kappa shape index (κ3) is 8.18. The van der Waals surface area contributed by atoms with Gasteiger partial charge < -0.3 is 0 Å². The molecule has 0 bridgehead atoms. The molecule has 70 valence electrons. The second kappa shape index (κ2) is 7.93. The second-order valence-corrected chi connectivity index (χ2v) is 4.76. The number of unbranched alkanes of at least 4 members (excludes halogenated alkanes) is 2. The zero-order chi connectivity index (χ0) is 8.91. The first kappa shape index (κ1) is 16.0. The molecule has 0 aliphatic heterocycles.